The highest BCUT2D eigenvalue weighted by Crippen LogP contribution is 2.16. The Bertz CT molecular complexity index is 371. The second kappa shape index (κ2) is 7.14. The van der Waals surface area contributed by atoms with Crippen LogP contribution in [-0.2, 0) is 0 Å². The van der Waals surface area contributed by atoms with Crippen LogP contribution in [0.25, 0.3) is 0 Å². The third kappa shape index (κ3) is 4.55. The Hall–Kier alpha value is -1.20. The maximum atomic E-state index is 12.8. The maximum Gasteiger partial charge on any atom is 0.162 e. The topological polar surface area (TPSA) is 35.2 Å². The molecule has 0 radical (unpaired) electrons. The van der Waals surface area contributed by atoms with Crippen molar-refractivity contribution in [3.8, 4) is 5.75 Å². The van der Waals surface area contributed by atoms with Crippen LogP contribution in [0.3, 0.4) is 0 Å². The number of rotatable bonds is 4. The van der Waals surface area contributed by atoms with Gasteiger partial charge in [-0.05, 0) is 18.2 Å². The Balaban J connectivity index is 0.00000225. The molecule has 16 heavy (non-hydrogen) atoms. The summed E-state index contributed by atoms with van der Waals surface area (Å²) >= 11 is 0. The van der Waals surface area contributed by atoms with Gasteiger partial charge in [-0.25, -0.2) is 13.2 Å². The molecule has 0 aliphatic rings. The number of hydrogen-bond donors (Lipinski definition) is 1. The summed E-state index contributed by atoms with van der Waals surface area (Å²) < 4.78 is 42.8. The van der Waals surface area contributed by atoms with Crippen molar-refractivity contribution in [2.75, 3.05) is 13.2 Å². The number of halogens is 4. The third-order valence-corrected chi connectivity index (χ3v) is 1.61. The molecule has 0 fully saturated rings. The normalized spacial score (nSPS) is 10.9. The molecule has 0 amide bonds. The minimum Gasteiger partial charge on any atom is -0.486 e. The Kier molecular flexibility index (Phi) is 6.60. The van der Waals surface area contributed by atoms with Crippen molar-refractivity contribution < 1.29 is 17.9 Å². The van der Waals surface area contributed by atoms with E-state index in [0.29, 0.717) is 0 Å². The molecule has 0 bridgehead atoms. The van der Waals surface area contributed by atoms with Crippen molar-refractivity contribution in [1.29, 1.82) is 0 Å². The molecule has 0 heterocycles. The molecule has 0 spiro atoms. The van der Waals surface area contributed by atoms with Gasteiger partial charge in [0.15, 0.2) is 11.6 Å². The molecular formula is C10H11ClF3NO. The van der Waals surface area contributed by atoms with Gasteiger partial charge < -0.3 is 10.5 Å². The van der Waals surface area contributed by atoms with E-state index in [1.165, 1.54) is 6.07 Å². The Morgan fingerprint density at radius 1 is 1.31 bits per heavy atom. The molecule has 90 valence electrons. The van der Waals surface area contributed by atoms with Gasteiger partial charge in [-0.15, -0.1) is 12.4 Å². The minimum absolute atomic E-state index is 0. The molecule has 0 aliphatic heterocycles. The van der Waals surface area contributed by atoms with E-state index in [1.54, 1.807) is 0 Å². The third-order valence-electron chi connectivity index (χ3n) is 1.61. The first-order valence-corrected chi connectivity index (χ1v) is 4.26. The van der Waals surface area contributed by atoms with Gasteiger partial charge in [-0.1, -0.05) is 0 Å². The largest absolute Gasteiger partial charge is 0.486 e. The number of nitrogens with two attached hydrogens (primary N) is 1. The van der Waals surface area contributed by atoms with E-state index in [0.717, 1.165) is 18.2 Å². The van der Waals surface area contributed by atoms with Crippen molar-refractivity contribution in [3.05, 3.63) is 41.7 Å². The number of benzene rings is 1. The van der Waals surface area contributed by atoms with Crippen LogP contribution in [0.5, 0.6) is 5.75 Å². The molecule has 0 aromatic heterocycles. The van der Waals surface area contributed by atoms with E-state index >= 15 is 0 Å². The highest BCUT2D eigenvalue weighted by atomic mass is 35.5. The summed E-state index contributed by atoms with van der Waals surface area (Å²) in [6.45, 7) is -0.282. The van der Waals surface area contributed by atoms with Crippen molar-refractivity contribution in [2.45, 2.75) is 0 Å². The number of ether oxygens (including phenoxy) is 1. The van der Waals surface area contributed by atoms with Gasteiger partial charge in [0.1, 0.15) is 18.2 Å². The molecule has 1 aromatic rings. The highest BCUT2D eigenvalue weighted by Gasteiger charge is 2.03. The van der Waals surface area contributed by atoms with Crippen molar-refractivity contribution in [2.24, 2.45) is 5.73 Å². The molecule has 0 atom stereocenters. The maximum absolute atomic E-state index is 12.8. The monoisotopic (exact) mass is 253 g/mol. The predicted octanol–water partition coefficient (Wildman–Crippen LogP) is 2.58. The predicted molar refractivity (Wildman–Crippen MR) is 57.3 cm³/mol. The average Bonchev–Trinajstić information content (AvgIpc) is 2.20. The Labute approximate surface area is 97.3 Å². The van der Waals surface area contributed by atoms with Crippen molar-refractivity contribution in [3.63, 3.8) is 0 Å². The van der Waals surface area contributed by atoms with Gasteiger partial charge in [0.25, 0.3) is 0 Å². The fraction of sp³-hybridized carbons (Fsp3) is 0.200. The van der Waals surface area contributed by atoms with Crippen LogP contribution >= 0.6 is 12.4 Å². The first kappa shape index (κ1) is 14.8. The van der Waals surface area contributed by atoms with Gasteiger partial charge in [0.05, 0.1) is 0 Å². The number of hydrogen-bond acceptors (Lipinski definition) is 2. The lowest BCUT2D eigenvalue weighted by Gasteiger charge is -2.04. The van der Waals surface area contributed by atoms with E-state index in [2.05, 4.69) is 0 Å². The minimum atomic E-state index is -1.03. The summed E-state index contributed by atoms with van der Waals surface area (Å²) in [7, 11) is 0. The molecule has 6 heteroatoms. The van der Waals surface area contributed by atoms with Gasteiger partial charge in [-0.3, -0.25) is 0 Å². The first-order chi connectivity index (χ1) is 7.13. The molecule has 0 aliphatic carbocycles. The fourth-order valence-corrected chi connectivity index (χ4v) is 0.906. The lowest BCUT2D eigenvalue weighted by molar-refractivity contribution is 0.315. The lowest BCUT2D eigenvalue weighted by atomic mass is 10.3. The molecule has 1 rings (SSSR count). The van der Waals surface area contributed by atoms with E-state index < -0.39 is 17.5 Å². The lowest BCUT2D eigenvalue weighted by Crippen LogP contribution is -2.02. The van der Waals surface area contributed by atoms with Crippen LogP contribution in [0.2, 0.25) is 0 Å². The van der Waals surface area contributed by atoms with E-state index in [1.807, 2.05) is 0 Å². The molecule has 0 saturated carbocycles. The van der Waals surface area contributed by atoms with Crippen LogP contribution in [0, 0.1) is 11.6 Å². The second-order valence-corrected chi connectivity index (χ2v) is 2.75. The molecule has 1 aromatic carbocycles. The highest BCUT2D eigenvalue weighted by molar-refractivity contribution is 5.85. The van der Waals surface area contributed by atoms with E-state index in [-0.39, 0.29) is 31.3 Å². The fourth-order valence-electron chi connectivity index (χ4n) is 0.906. The van der Waals surface area contributed by atoms with Crippen LogP contribution in [0.1, 0.15) is 0 Å². The zero-order valence-corrected chi connectivity index (χ0v) is 9.07. The molecule has 0 saturated heterocycles. The van der Waals surface area contributed by atoms with E-state index in [9.17, 15) is 13.2 Å². The average molecular weight is 254 g/mol. The van der Waals surface area contributed by atoms with Gasteiger partial charge in [0, 0.05) is 12.6 Å². The van der Waals surface area contributed by atoms with Gasteiger partial charge in [-0.2, -0.15) is 0 Å². The summed E-state index contributed by atoms with van der Waals surface area (Å²) in [5, 5.41) is 0. The molecule has 2 nitrogen and oxygen atoms in total. The summed E-state index contributed by atoms with van der Waals surface area (Å²) in [5.41, 5.74) is 5.06. The summed E-state index contributed by atoms with van der Waals surface area (Å²) in [6.07, 6.45) is 1.14. The summed E-state index contributed by atoms with van der Waals surface area (Å²) in [5.74, 6) is -2.49. The van der Waals surface area contributed by atoms with Crippen molar-refractivity contribution in [1.82, 2.24) is 0 Å². The van der Waals surface area contributed by atoms with E-state index in [4.69, 9.17) is 10.5 Å². The van der Waals surface area contributed by atoms with Gasteiger partial charge in [0.2, 0.25) is 0 Å². The summed E-state index contributed by atoms with van der Waals surface area (Å²) in [6, 6.07) is 2.98. The zero-order chi connectivity index (χ0) is 11.3. The molecule has 0 unspecified atom stereocenters. The molecular weight excluding hydrogens is 243 g/mol. The Morgan fingerprint density at radius 3 is 2.56 bits per heavy atom. The Morgan fingerprint density at radius 2 is 2.00 bits per heavy atom. The van der Waals surface area contributed by atoms with Gasteiger partial charge >= 0.3 is 0 Å². The van der Waals surface area contributed by atoms with Crippen LogP contribution in [0.15, 0.2) is 30.1 Å². The first-order valence-electron chi connectivity index (χ1n) is 4.26. The smallest absolute Gasteiger partial charge is 0.162 e. The summed E-state index contributed by atoms with van der Waals surface area (Å²) in [4.78, 5) is 0. The zero-order valence-electron chi connectivity index (χ0n) is 8.25. The standard InChI is InChI=1S/C10H10F3NO.ClH/c11-7(3-4-14)6-15-8-1-2-9(12)10(13)5-8;/h1-3,5H,4,6,14H2;1H/b7-3+;. The SMILES string of the molecule is Cl.NC/C=C(/F)COc1ccc(F)c(F)c1. The second-order valence-electron chi connectivity index (χ2n) is 2.75. The molecule has 2 N–H and O–H groups in total. The quantitative estimate of drug-likeness (QED) is 0.895. The van der Waals surface area contributed by atoms with Crippen molar-refractivity contribution >= 4 is 12.4 Å². The van der Waals surface area contributed by atoms with Crippen LogP contribution in [0.4, 0.5) is 13.2 Å². The van der Waals surface area contributed by atoms with Crippen LogP contribution < -0.4 is 10.5 Å². The van der Waals surface area contributed by atoms with Crippen LogP contribution in [-0.4, -0.2) is 13.2 Å².